The second-order valence-corrected chi connectivity index (χ2v) is 4.17. The lowest BCUT2D eigenvalue weighted by Crippen LogP contribution is -2.38. The maximum atomic E-state index is 11.4. The summed E-state index contributed by atoms with van der Waals surface area (Å²) in [4.78, 5) is 35.2. The van der Waals surface area contributed by atoms with Gasteiger partial charge in [-0.15, -0.1) is 0 Å². The number of hydrogen-bond donors (Lipinski definition) is 1. The van der Waals surface area contributed by atoms with Crippen molar-refractivity contribution in [2.24, 2.45) is 0 Å². The van der Waals surface area contributed by atoms with E-state index >= 15 is 0 Å². The third-order valence-electron chi connectivity index (χ3n) is 2.47. The first-order valence-corrected chi connectivity index (χ1v) is 5.76. The molecule has 18 heavy (non-hydrogen) atoms. The molecule has 1 fully saturated rings. The summed E-state index contributed by atoms with van der Waals surface area (Å²) in [7, 11) is 3.18. The van der Waals surface area contributed by atoms with Crippen LogP contribution in [0.5, 0.6) is 0 Å². The van der Waals surface area contributed by atoms with Crippen LogP contribution in [0.15, 0.2) is 0 Å². The molecule has 1 rings (SSSR count). The number of ether oxygens (including phenoxy) is 2. The van der Waals surface area contributed by atoms with Gasteiger partial charge < -0.3 is 19.7 Å². The number of rotatable bonds is 5. The molecule has 0 unspecified atom stereocenters. The van der Waals surface area contributed by atoms with Crippen LogP contribution in [0, 0.1) is 0 Å². The van der Waals surface area contributed by atoms with E-state index in [4.69, 9.17) is 9.47 Å². The molecule has 102 valence electrons. The minimum Gasteiger partial charge on any atom is -0.454 e. The van der Waals surface area contributed by atoms with Crippen LogP contribution in [-0.4, -0.2) is 62.6 Å². The summed E-state index contributed by atoms with van der Waals surface area (Å²) in [6, 6.07) is 0. The Labute approximate surface area is 105 Å². The van der Waals surface area contributed by atoms with E-state index in [0.29, 0.717) is 13.0 Å². The summed E-state index contributed by atoms with van der Waals surface area (Å²) in [5.41, 5.74) is 0. The highest BCUT2D eigenvalue weighted by Crippen LogP contribution is 2.12. The number of esters is 1. The summed E-state index contributed by atoms with van der Waals surface area (Å²) >= 11 is 0. The molecule has 1 saturated heterocycles. The topological polar surface area (TPSA) is 84.9 Å². The van der Waals surface area contributed by atoms with Gasteiger partial charge in [-0.25, -0.2) is 4.79 Å². The zero-order valence-electron chi connectivity index (χ0n) is 10.6. The highest BCUT2D eigenvalue weighted by Gasteiger charge is 2.25. The number of carbonyl (C=O) groups is 3. The Kier molecular flexibility index (Phi) is 5.57. The quantitative estimate of drug-likeness (QED) is 0.634. The van der Waals surface area contributed by atoms with E-state index < -0.39 is 18.0 Å². The first kappa shape index (κ1) is 14.4. The standard InChI is InChI=1S/C11H18N2O5/c1-13(2)10(15)6-12-9(14)7-18-11(16)8-4-3-5-17-8/h8H,3-7H2,1-2H3,(H,12,14)/t8-/m1/s1. The van der Waals surface area contributed by atoms with Crippen LogP contribution < -0.4 is 5.32 Å². The molecule has 0 aromatic carbocycles. The molecule has 7 nitrogen and oxygen atoms in total. The summed E-state index contributed by atoms with van der Waals surface area (Å²) in [5, 5.41) is 2.36. The summed E-state index contributed by atoms with van der Waals surface area (Å²) in [6.45, 7) is 0.0476. The van der Waals surface area contributed by atoms with Gasteiger partial charge in [-0.2, -0.15) is 0 Å². The average molecular weight is 258 g/mol. The summed E-state index contributed by atoms with van der Waals surface area (Å²) in [6.07, 6.45) is 0.893. The Morgan fingerprint density at radius 3 is 2.67 bits per heavy atom. The Morgan fingerprint density at radius 1 is 1.39 bits per heavy atom. The molecule has 1 heterocycles. The van der Waals surface area contributed by atoms with Crippen LogP contribution in [0.25, 0.3) is 0 Å². The number of hydrogen-bond acceptors (Lipinski definition) is 5. The highest BCUT2D eigenvalue weighted by atomic mass is 16.6. The maximum absolute atomic E-state index is 11.4. The molecule has 2 amide bonds. The van der Waals surface area contributed by atoms with Crippen LogP contribution >= 0.6 is 0 Å². The molecule has 0 aliphatic carbocycles. The van der Waals surface area contributed by atoms with E-state index in [9.17, 15) is 14.4 Å². The Hall–Kier alpha value is -1.63. The SMILES string of the molecule is CN(C)C(=O)CNC(=O)COC(=O)[C@H]1CCCO1. The van der Waals surface area contributed by atoms with E-state index in [1.54, 1.807) is 14.1 Å². The molecule has 1 aliphatic heterocycles. The zero-order chi connectivity index (χ0) is 13.5. The lowest BCUT2D eigenvalue weighted by atomic mass is 10.2. The third kappa shape index (κ3) is 4.70. The molecule has 1 atom stereocenters. The van der Waals surface area contributed by atoms with Gasteiger partial charge in [-0.1, -0.05) is 0 Å². The van der Waals surface area contributed by atoms with Crippen molar-refractivity contribution in [1.29, 1.82) is 0 Å². The minimum atomic E-state index is -0.554. The fourth-order valence-electron chi connectivity index (χ4n) is 1.38. The van der Waals surface area contributed by atoms with E-state index in [2.05, 4.69) is 5.32 Å². The van der Waals surface area contributed by atoms with Crippen molar-refractivity contribution in [2.75, 3.05) is 33.9 Å². The lowest BCUT2D eigenvalue weighted by Gasteiger charge is -2.12. The highest BCUT2D eigenvalue weighted by molar-refractivity contribution is 5.86. The maximum Gasteiger partial charge on any atom is 0.335 e. The van der Waals surface area contributed by atoms with Gasteiger partial charge in [0.15, 0.2) is 12.7 Å². The van der Waals surface area contributed by atoms with Crippen molar-refractivity contribution in [3.05, 3.63) is 0 Å². The smallest absolute Gasteiger partial charge is 0.335 e. The van der Waals surface area contributed by atoms with Crippen LogP contribution in [0.4, 0.5) is 0 Å². The summed E-state index contributed by atoms with van der Waals surface area (Å²) < 4.78 is 9.89. The molecule has 0 saturated carbocycles. The van der Waals surface area contributed by atoms with Crippen molar-refractivity contribution < 1.29 is 23.9 Å². The van der Waals surface area contributed by atoms with Gasteiger partial charge >= 0.3 is 5.97 Å². The van der Waals surface area contributed by atoms with Gasteiger partial charge in [0.25, 0.3) is 5.91 Å². The number of carbonyl (C=O) groups excluding carboxylic acids is 3. The first-order chi connectivity index (χ1) is 8.50. The predicted octanol–water partition coefficient (Wildman–Crippen LogP) is -1.09. The van der Waals surface area contributed by atoms with Gasteiger partial charge in [0.1, 0.15) is 0 Å². The number of amides is 2. The average Bonchev–Trinajstić information content (AvgIpc) is 2.86. The zero-order valence-corrected chi connectivity index (χ0v) is 10.6. The van der Waals surface area contributed by atoms with Gasteiger partial charge in [0.05, 0.1) is 6.54 Å². The minimum absolute atomic E-state index is 0.108. The largest absolute Gasteiger partial charge is 0.454 e. The molecule has 0 aromatic heterocycles. The predicted molar refractivity (Wildman–Crippen MR) is 61.6 cm³/mol. The Balaban J connectivity index is 2.16. The van der Waals surface area contributed by atoms with Crippen LogP contribution in [0.3, 0.4) is 0 Å². The van der Waals surface area contributed by atoms with Crippen molar-refractivity contribution in [2.45, 2.75) is 18.9 Å². The van der Waals surface area contributed by atoms with Crippen molar-refractivity contribution in [1.82, 2.24) is 10.2 Å². The number of nitrogens with zero attached hydrogens (tertiary/aromatic N) is 1. The van der Waals surface area contributed by atoms with Crippen molar-refractivity contribution in [3.8, 4) is 0 Å². The van der Waals surface area contributed by atoms with E-state index in [1.165, 1.54) is 4.90 Å². The molecule has 1 N–H and O–H groups in total. The van der Waals surface area contributed by atoms with Gasteiger partial charge in [0.2, 0.25) is 5.91 Å². The van der Waals surface area contributed by atoms with Gasteiger partial charge in [-0.05, 0) is 12.8 Å². The third-order valence-corrected chi connectivity index (χ3v) is 2.47. The number of likely N-dealkylation sites (N-methyl/N-ethyl adjacent to an activating group) is 1. The van der Waals surface area contributed by atoms with Gasteiger partial charge in [-0.3, -0.25) is 9.59 Å². The van der Waals surface area contributed by atoms with E-state index in [0.717, 1.165) is 6.42 Å². The first-order valence-electron chi connectivity index (χ1n) is 5.76. The monoisotopic (exact) mass is 258 g/mol. The van der Waals surface area contributed by atoms with E-state index in [1.807, 2.05) is 0 Å². The second-order valence-electron chi connectivity index (χ2n) is 4.17. The summed E-state index contributed by atoms with van der Waals surface area (Å²) in [5.74, 6) is -1.26. The normalized spacial score (nSPS) is 18.2. The Morgan fingerprint density at radius 2 is 2.11 bits per heavy atom. The molecule has 7 heteroatoms. The lowest BCUT2D eigenvalue weighted by molar-refractivity contribution is -0.157. The van der Waals surface area contributed by atoms with Gasteiger partial charge in [0, 0.05) is 20.7 Å². The fourth-order valence-corrected chi connectivity index (χ4v) is 1.38. The van der Waals surface area contributed by atoms with Crippen LogP contribution in [0.2, 0.25) is 0 Å². The molecule has 0 bridgehead atoms. The van der Waals surface area contributed by atoms with E-state index in [-0.39, 0.29) is 19.1 Å². The molecule has 1 aliphatic rings. The Bertz CT molecular complexity index is 323. The molecule has 0 spiro atoms. The molecular weight excluding hydrogens is 240 g/mol. The van der Waals surface area contributed by atoms with Crippen molar-refractivity contribution in [3.63, 3.8) is 0 Å². The fraction of sp³-hybridized carbons (Fsp3) is 0.727. The van der Waals surface area contributed by atoms with Crippen LogP contribution in [-0.2, 0) is 23.9 Å². The number of nitrogens with one attached hydrogen (secondary N) is 1. The second kappa shape index (κ2) is 6.95. The molecule has 0 aromatic rings. The molecular formula is C11H18N2O5. The van der Waals surface area contributed by atoms with Crippen LogP contribution in [0.1, 0.15) is 12.8 Å². The molecule has 0 radical (unpaired) electrons. The van der Waals surface area contributed by atoms with Crippen molar-refractivity contribution >= 4 is 17.8 Å².